The van der Waals surface area contributed by atoms with Crippen LogP contribution >= 0.6 is 23.4 Å². The maximum Gasteiger partial charge on any atom is 0.251 e. The number of benzene rings is 2. The van der Waals surface area contributed by atoms with E-state index in [1.54, 1.807) is 55.6 Å². The van der Waals surface area contributed by atoms with Crippen molar-refractivity contribution in [2.75, 3.05) is 18.2 Å². The number of amides is 2. The van der Waals surface area contributed by atoms with Gasteiger partial charge in [0.2, 0.25) is 5.91 Å². The fraction of sp³-hybridized carbons (Fsp3) is 0.273. The smallest absolute Gasteiger partial charge is 0.251 e. The summed E-state index contributed by atoms with van der Waals surface area (Å²) in [4.78, 5) is 24.8. The molecule has 0 bridgehead atoms. The molecule has 3 aromatic rings. The first-order valence-corrected chi connectivity index (χ1v) is 11.3. The Balaban J connectivity index is 1.60. The van der Waals surface area contributed by atoms with Gasteiger partial charge in [0.1, 0.15) is 5.75 Å². The maximum absolute atomic E-state index is 12.6. The van der Waals surface area contributed by atoms with Crippen molar-refractivity contribution >= 4 is 40.9 Å². The number of methoxy groups -OCH3 is 1. The lowest BCUT2D eigenvalue weighted by atomic mass is 10.2. The van der Waals surface area contributed by atoms with Crippen LogP contribution in [0.15, 0.2) is 53.7 Å². The van der Waals surface area contributed by atoms with Crippen molar-refractivity contribution in [3.05, 3.63) is 64.9 Å². The molecule has 0 aliphatic rings. The lowest BCUT2D eigenvalue weighted by Crippen LogP contribution is -2.28. The fourth-order valence-corrected chi connectivity index (χ4v) is 3.91. The van der Waals surface area contributed by atoms with Gasteiger partial charge < -0.3 is 19.9 Å². The number of hydrogen-bond donors (Lipinski definition) is 2. The van der Waals surface area contributed by atoms with Crippen molar-refractivity contribution < 1.29 is 14.3 Å². The number of hydrogen-bond acceptors (Lipinski definition) is 6. The van der Waals surface area contributed by atoms with Crippen molar-refractivity contribution in [1.29, 1.82) is 0 Å². The molecule has 8 nitrogen and oxygen atoms in total. The Morgan fingerprint density at radius 2 is 1.81 bits per heavy atom. The summed E-state index contributed by atoms with van der Waals surface area (Å²) in [7, 11) is 1.58. The second kappa shape index (κ2) is 11.0. The largest absolute Gasteiger partial charge is 0.497 e. The van der Waals surface area contributed by atoms with E-state index in [4.69, 9.17) is 16.3 Å². The third kappa shape index (κ3) is 6.02. The Bertz CT molecular complexity index is 1070. The third-order valence-corrected chi connectivity index (χ3v) is 5.83. The van der Waals surface area contributed by atoms with Crippen LogP contribution in [0, 0.1) is 0 Å². The van der Waals surface area contributed by atoms with Gasteiger partial charge in [-0.1, -0.05) is 23.4 Å². The van der Waals surface area contributed by atoms with Crippen LogP contribution in [-0.4, -0.2) is 39.4 Å². The number of anilines is 1. The highest BCUT2D eigenvalue weighted by Gasteiger charge is 2.20. The van der Waals surface area contributed by atoms with Gasteiger partial charge in [-0.15, -0.1) is 10.2 Å². The van der Waals surface area contributed by atoms with Crippen LogP contribution in [-0.2, 0) is 11.3 Å². The molecule has 0 aliphatic carbocycles. The number of carbonyl (C=O) groups excluding carboxylic acids is 2. The van der Waals surface area contributed by atoms with Gasteiger partial charge in [0.05, 0.1) is 18.9 Å². The highest BCUT2D eigenvalue weighted by molar-refractivity contribution is 7.99. The monoisotopic (exact) mass is 473 g/mol. The molecule has 0 saturated heterocycles. The van der Waals surface area contributed by atoms with E-state index in [1.165, 1.54) is 11.8 Å². The molecule has 0 saturated carbocycles. The SMILES string of the molecule is CCn1c(SCC(=O)Nc2ccc(Cl)cc2)nnc1C(C)NC(=O)c1ccc(OC)cc1. The molecule has 1 aromatic heterocycles. The number of rotatable bonds is 9. The van der Waals surface area contributed by atoms with Gasteiger partial charge in [0, 0.05) is 22.8 Å². The van der Waals surface area contributed by atoms with Crippen molar-refractivity contribution in [3.8, 4) is 5.75 Å². The zero-order chi connectivity index (χ0) is 23.1. The minimum Gasteiger partial charge on any atom is -0.497 e. The molecule has 0 fully saturated rings. The molecule has 0 spiro atoms. The van der Waals surface area contributed by atoms with Gasteiger partial charge in [-0.2, -0.15) is 0 Å². The van der Waals surface area contributed by atoms with Crippen LogP contribution in [0.5, 0.6) is 5.75 Å². The lowest BCUT2D eigenvalue weighted by Gasteiger charge is -2.15. The van der Waals surface area contributed by atoms with Gasteiger partial charge in [0.15, 0.2) is 11.0 Å². The zero-order valence-corrected chi connectivity index (χ0v) is 19.5. The lowest BCUT2D eigenvalue weighted by molar-refractivity contribution is -0.113. The van der Waals surface area contributed by atoms with E-state index in [9.17, 15) is 9.59 Å². The van der Waals surface area contributed by atoms with Gasteiger partial charge in [-0.3, -0.25) is 9.59 Å². The Morgan fingerprint density at radius 1 is 1.12 bits per heavy atom. The minimum atomic E-state index is -0.366. The molecule has 2 N–H and O–H groups in total. The summed E-state index contributed by atoms with van der Waals surface area (Å²) < 4.78 is 7.01. The fourth-order valence-electron chi connectivity index (χ4n) is 2.97. The van der Waals surface area contributed by atoms with E-state index >= 15 is 0 Å². The van der Waals surface area contributed by atoms with E-state index in [0.717, 1.165) is 0 Å². The molecule has 1 atom stereocenters. The standard InChI is InChI=1S/C22H24ClN5O3S/c1-4-28-20(14(2)24-21(30)15-5-11-18(31-3)12-6-15)26-27-22(28)32-13-19(29)25-17-9-7-16(23)8-10-17/h5-12,14H,4,13H2,1-3H3,(H,24,30)(H,25,29). The average Bonchev–Trinajstić information content (AvgIpc) is 3.22. The molecular formula is C22H24ClN5O3S. The predicted molar refractivity (Wildman–Crippen MR) is 125 cm³/mol. The summed E-state index contributed by atoms with van der Waals surface area (Å²) in [6, 6.07) is 13.4. The number of ether oxygens (including phenoxy) is 1. The normalized spacial score (nSPS) is 11.6. The van der Waals surface area contributed by atoms with Crippen LogP contribution in [0.1, 0.15) is 36.1 Å². The summed E-state index contributed by atoms with van der Waals surface area (Å²) in [5, 5.41) is 15.4. The topological polar surface area (TPSA) is 98.1 Å². The summed E-state index contributed by atoms with van der Waals surface area (Å²) in [5.41, 5.74) is 1.20. The number of thioether (sulfide) groups is 1. The molecule has 1 heterocycles. The minimum absolute atomic E-state index is 0.162. The van der Waals surface area contributed by atoms with E-state index in [0.29, 0.717) is 39.5 Å². The third-order valence-electron chi connectivity index (χ3n) is 4.61. The van der Waals surface area contributed by atoms with E-state index in [1.807, 2.05) is 18.4 Å². The first-order valence-electron chi connectivity index (χ1n) is 9.97. The van der Waals surface area contributed by atoms with E-state index in [2.05, 4.69) is 20.8 Å². The summed E-state index contributed by atoms with van der Waals surface area (Å²) in [6.45, 7) is 4.41. The maximum atomic E-state index is 12.6. The highest BCUT2D eigenvalue weighted by Crippen LogP contribution is 2.22. The molecule has 0 aliphatic heterocycles. The molecule has 168 valence electrons. The summed E-state index contributed by atoms with van der Waals surface area (Å²) in [6.07, 6.45) is 0. The van der Waals surface area contributed by atoms with Crippen molar-refractivity contribution in [3.63, 3.8) is 0 Å². The molecule has 0 radical (unpaired) electrons. The van der Waals surface area contributed by atoms with Crippen molar-refractivity contribution in [2.45, 2.75) is 31.6 Å². The number of nitrogens with one attached hydrogen (secondary N) is 2. The average molecular weight is 474 g/mol. The van der Waals surface area contributed by atoms with Crippen LogP contribution in [0.25, 0.3) is 0 Å². The first kappa shape index (κ1) is 23.6. The van der Waals surface area contributed by atoms with Gasteiger partial charge in [-0.05, 0) is 62.4 Å². The van der Waals surface area contributed by atoms with Crippen molar-refractivity contribution in [1.82, 2.24) is 20.1 Å². The Hall–Kier alpha value is -3.04. The molecule has 2 amide bonds. The molecule has 32 heavy (non-hydrogen) atoms. The van der Waals surface area contributed by atoms with Gasteiger partial charge >= 0.3 is 0 Å². The van der Waals surface area contributed by atoms with Crippen LogP contribution < -0.4 is 15.4 Å². The Kier molecular flexibility index (Phi) is 8.13. The first-order chi connectivity index (χ1) is 15.4. The molecule has 1 unspecified atom stereocenters. The predicted octanol–water partition coefficient (Wildman–Crippen LogP) is 4.18. The summed E-state index contributed by atoms with van der Waals surface area (Å²) in [5.74, 6) is 1.10. The molecule has 10 heteroatoms. The second-order valence-electron chi connectivity index (χ2n) is 6.85. The summed E-state index contributed by atoms with van der Waals surface area (Å²) >= 11 is 7.15. The number of nitrogens with zero attached hydrogens (tertiary/aromatic N) is 3. The zero-order valence-electron chi connectivity index (χ0n) is 18.0. The van der Waals surface area contributed by atoms with Crippen LogP contribution in [0.2, 0.25) is 5.02 Å². The Morgan fingerprint density at radius 3 is 2.44 bits per heavy atom. The van der Waals surface area contributed by atoms with Crippen LogP contribution in [0.3, 0.4) is 0 Å². The van der Waals surface area contributed by atoms with E-state index in [-0.39, 0.29) is 23.6 Å². The number of aromatic nitrogens is 3. The van der Waals surface area contributed by atoms with Crippen LogP contribution in [0.4, 0.5) is 5.69 Å². The number of halogens is 1. The van der Waals surface area contributed by atoms with Gasteiger partial charge in [0.25, 0.3) is 5.91 Å². The quantitative estimate of drug-likeness (QED) is 0.452. The molecule has 3 rings (SSSR count). The number of carbonyl (C=O) groups is 2. The molecule has 2 aromatic carbocycles. The van der Waals surface area contributed by atoms with Gasteiger partial charge in [-0.25, -0.2) is 0 Å². The van der Waals surface area contributed by atoms with Crippen molar-refractivity contribution in [2.24, 2.45) is 0 Å². The van der Waals surface area contributed by atoms with E-state index < -0.39 is 0 Å². The molecular weight excluding hydrogens is 450 g/mol. The second-order valence-corrected chi connectivity index (χ2v) is 8.23. The Labute approximate surface area is 195 Å². The highest BCUT2D eigenvalue weighted by atomic mass is 35.5.